The maximum atomic E-state index is 13.8. The molecule has 0 amide bonds. The Kier molecular flexibility index (Phi) is 3.95. The smallest absolute Gasteiger partial charge is 0.143 e. The molecule has 0 aliphatic rings. The van der Waals surface area contributed by atoms with E-state index >= 15 is 0 Å². The Bertz CT molecular complexity index is 830. The molecule has 0 aliphatic heterocycles. The minimum absolute atomic E-state index is 0.0878. The lowest BCUT2D eigenvalue weighted by molar-refractivity contribution is 0.627. The minimum Gasteiger partial charge on any atom is -0.295 e. The van der Waals surface area contributed by atoms with E-state index in [0.717, 1.165) is 15.5 Å². The largest absolute Gasteiger partial charge is 0.295 e. The highest BCUT2D eigenvalue weighted by Gasteiger charge is 2.17. The third kappa shape index (κ3) is 2.68. The van der Waals surface area contributed by atoms with Crippen LogP contribution in [0.1, 0.15) is 18.1 Å². The lowest BCUT2D eigenvalue weighted by Gasteiger charge is -2.11. The quantitative estimate of drug-likeness (QED) is 0.502. The Hall–Kier alpha value is -1.10. The van der Waals surface area contributed by atoms with Gasteiger partial charge in [0.15, 0.2) is 0 Å². The summed E-state index contributed by atoms with van der Waals surface area (Å²) in [6, 6.07) is 10.4. The van der Waals surface area contributed by atoms with Crippen molar-refractivity contribution in [1.82, 2.24) is 9.55 Å². The van der Waals surface area contributed by atoms with E-state index in [4.69, 9.17) is 23.2 Å². The SMILES string of the molecule is CC(Cl)c1nc2ccc(Br)cc2n1-c1ccc(Cl)c(F)c1. The molecule has 0 saturated carbocycles. The molecule has 21 heavy (non-hydrogen) atoms. The third-order valence-corrected chi connectivity index (χ3v) is 4.15. The fraction of sp³-hybridized carbons (Fsp3) is 0.133. The zero-order chi connectivity index (χ0) is 15.1. The highest BCUT2D eigenvalue weighted by Crippen LogP contribution is 2.30. The second kappa shape index (κ2) is 5.59. The van der Waals surface area contributed by atoms with Gasteiger partial charge in [0.2, 0.25) is 0 Å². The normalized spacial score (nSPS) is 12.8. The topological polar surface area (TPSA) is 17.8 Å². The van der Waals surface area contributed by atoms with Gasteiger partial charge in [-0.25, -0.2) is 9.37 Å². The highest BCUT2D eigenvalue weighted by atomic mass is 79.9. The van der Waals surface area contributed by atoms with Gasteiger partial charge < -0.3 is 0 Å². The molecule has 108 valence electrons. The second-order valence-electron chi connectivity index (χ2n) is 4.65. The maximum absolute atomic E-state index is 13.8. The molecule has 0 radical (unpaired) electrons. The van der Waals surface area contributed by atoms with Crippen LogP contribution in [0.2, 0.25) is 5.02 Å². The Labute approximate surface area is 139 Å². The van der Waals surface area contributed by atoms with Crippen LogP contribution in [0.3, 0.4) is 0 Å². The van der Waals surface area contributed by atoms with Crippen molar-refractivity contribution in [3.63, 3.8) is 0 Å². The molecule has 0 aliphatic carbocycles. The van der Waals surface area contributed by atoms with Crippen LogP contribution in [-0.2, 0) is 0 Å². The molecule has 0 fully saturated rings. The lowest BCUT2D eigenvalue weighted by Crippen LogP contribution is -2.02. The molecule has 1 aromatic heterocycles. The van der Waals surface area contributed by atoms with E-state index in [1.165, 1.54) is 12.1 Å². The van der Waals surface area contributed by atoms with Gasteiger partial charge in [-0.15, -0.1) is 11.6 Å². The van der Waals surface area contributed by atoms with Crippen LogP contribution in [0.4, 0.5) is 4.39 Å². The fourth-order valence-corrected chi connectivity index (χ4v) is 2.84. The molecule has 3 rings (SSSR count). The van der Waals surface area contributed by atoms with Crippen LogP contribution < -0.4 is 0 Å². The number of halogens is 4. The maximum Gasteiger partial charge on any atom is 0.143 e. The number of hydrogen-bond acceptors (Lipinski definition) is 1. The Morgan fingerprint density at radius 2 is 2.00 bits per heavy atom. The number of rotatable bonds is 2. The molecule has 0 saturated heterocycles. The molecule has 2 nitrogen and oxygen atoms in total. The first-order chi connectivity index (χ1) is 9.97. The number of nitrogens with zero attached hydrogens (tertiary/aromatic N) is 2. The predicted octanol–water partition coefficient (Wildman–Crippen LogP) is 5.88. The summed E-state index contributed by atoms with van der Waals surface area (Å²) in [6.45, 7) is 1.83. The molecule has 1 heterocycles. The molecular weight excluding hydrogens is 378 g/mol. The van der Waals surface area contributed by atoms with Crippen LogP contribution in [0.15, 0.2) is 40.9 Å². The second-order valence-corrected chi connectivity index (χ2v) is 6.63. The van der Waals surface area contributed by atoms with Gasteiger partial charge in [0, 0.05) is 4.47 Å². The van der Waals surface area contributed by atoms with Crippen LogP contribution in [0, 0.1) is 5.82 Å². The number of fused-ring (bicyclic) bond motifs is 1. The molecule has 0 bridgehead atoms. The number of benzene rings is 2. The fourth-order valence-electron chi connectivity index (χ4n) is 2.23. The van der Waals surface area contributed by atoms with E-state index in [2.05, 4.69) is 20.9 Å². The minimum atomic E-state index is -0.473. The first-order valence-electron chi connectivity index (χ1n) is 6.25. The summed E-state index contributed by atoms with van der Waals surface area (Å²) in [7, 11) is 0. The van der Waals surface area contributed by atoms with Gasteiger partial charge in [0.25, 0.3) is 0 Å². The molecular formula is C15H10BrCl2FN2. The van der Waals surface area contributed by atoms with Crippen LogP contribution in [-0.4, -0.2) is 9.55 Å². The standard InChI is InChI=1S/C15H10BrCl2FN2/c1-8(17)15-20-13-5-2-9(16)6-14(13)21(15)10-3-4-11(18)12(19)7-10/h2-8H,1H3. The number of hydrogen-bond donors (Lipinski definition) is 0. The predicted molar refractivity (Wildman–Crippen MR) is 88.0 cm³/mol. The highest BCUT2D eigenvalue weighted by molar-refractivity contribution is 9.10. The average Bonchev–Trinajstić information content (AvgIpc) is 2.80. The monoisotopic (exact) mass is 386 g/mol. The van der Waals surface area contributed by atoms with Gasteiger partial charge in [-0.05, 0) is 43.3 Å². The van der Waals surface area contributed by atoms with Crippen LogP contribution >= 0.6 is 39.1 Å². The summed E-state index contributed by atoms with van der Waals surface area (Å²) in [6.07, 6.45) is 0. The van der Waals surface area contributed by atoms with Crippen molar-refractivity contribution in [2.75, 3.05) is 0 Å². The molecule has 3 aromatic rings. The Morgan fingerprint density at radius 1 is 1.24 bits per heavy atom. The van der Waals surface area contributed by atoms with Crippen molar-refractivity contribution in [2.45, 2.75) is 12.3 Å². The molecule has 2 aromatic carbocycles. The summed E-state index contributed by atoms with van der Waals surface area (Å²) in [5.41, 5.74) is 2.30. The van der Waals surface area contributed by atoms with Gasteiger partial charge >= 0.3 is 0 Å². The number of imidazole rings is 1. The van der Waals surface area contributed by atoms with E-state index in [0.29, 0.717) is 11.5 Å². The summed E-state index contributed by atoms with van der Waals surface area (Å²) in [5.74, 6) is 0.186. The van der Waals surface area contributed by atoms with E-state index in [9.17, 15) is 4.39 Å². The van der Waals surface area contributed by atoms with Crippen molar-refractivity contribution < 1.29 is 4.39 Å². The first-order valence-corrected chi connectivity index (χ1v) is 7.85. The van der Waals surface area contributed by atoms with Crippen molar-refractivity contribution in [3.05, 3.63) is 57.5 Å². The van der Waals surface area contributed by atoms with Gasteiger partial charge in [0.05, 0.1) is 27.1 Å². The summed E-state index contributed by atoms with van der Waals surface area (Å²) in [5, 5.41) is -0.222. The van der Waals surface area contributed by atoms with Gasteiger partial charge in [-0.1, -0.05) is 27.5 Å². The summed E-state index contributed by atoms with van der Waals surface area (Å²) >= 11 is 15.4. The van der Waals surface area contributed by atoms with Crippen molar-refractivity contribution in [3.8, 4) is 5.69 Å². The first kappa shape index (κ1) is 14.8. The van der Waals surface area contributed by atoms with Gasteiger partial charge in [0.1, 0.15) is 11.6 Å². The third-order valence-electron chi connectivity index (χ3n) is 3.16. The summed E-state index contributed by atoms with van der Waals surface area (Å²) in [4.78, 5) is 4.54. The van der Waals surface area contributed by atoms with Crippen molar-refractivity contribution in [1.29, 1.82) is 0 Å². The van der Waals surface area contributed by atoms with Gasteiger partial charge in [-0.2, -0.15) is 0 Å². The Morgan fingerprint density at radius 3 is 2.67 bits per heavy atom. The molecule has 0 N–H and O–H groups in total. The van der Waals surface area contributed by atoms with Crippen molar-refractivity contribution in [2.24, 2.45) is 0 Å². The van der Waals surface area contributed by atoms with Crippen LogP contribution in [0.5, 0.6) is 0 Å². The van der Waals surface area contributed by atoms with Gasteiger partial charge in [-0.3, -0.25) is 4.57 Å². The van der Waals surface area contributed by atoms with E-state index < -0.39 is 5.82 Å². The zero-order valence-corrected chi connectivity index (χ0v) is 14.0. The zero-order valence-electron chi connectivity index (χ0n) is 10.9. The number of alkyl halides is 1. The molecule has 1 unspecified atom stereocenters. The number of aromatic nitrogens is 2. The van der Waals surface area contributed by atoms with E-state index in [-0.39, 0.29) is 10.4 Å². The lowest BCUT2D eigenvalue weighted by atomic mass is 10.2. The van der Waals surface area contributed by atoms with E-state index in [1.807, 2.05) is 29.7 Å². The van der Waals surface area contributed by atoms with E-state index in [1.54, 1.807) is 6.07 Å². The Balaban J connectivity index is 2.35. The van der Waals surface area contributed by atoms with Crippen LogP contribution in [0.25, 0.3) is 16.7 Å². The molecule has 6 heteroatoms. The van der Waals surface area contributed by atoms with Crippen molar-refractivity contribution >= 4 is 50.2 Å². The molecule has 1 atom stereocenters. The average molecular weight is 388 g/mol. The summed E-state index contributed by atoms with van der Waals surface area (Å²) < 4.78 is 16.5. The molecule has 0 spiro atoms.